The van der Waals surface area contributed by atoms with Gasteiger partial charge in [-0.2, -0.15) is 0 Å². The van der Waals surface area contributed by atoms with Crippen molar-refractivity contribution in [2.24, 2.45) is 5.41 Å². The predicted molar refractivity (Wildman–Crippen MR) is 120 cm³/mol. The van der Waals surface area contributed by atoms with Crippen molar-refractivity contribution in [3.8, 4) is 0 Å². The van der Waals surface area contributed by atoms with Gasteiger partial charge in [0.25, 0.3) is 5.91 Å². The molecule has 1 atom stereocenters. The van der Waals surface area contributed by atoms with E-state index < -0.39 is 11.4 Å². The minimum absolute atomic E-state index is 0.0656. The fourth-order valence-corrected chi connectivity index (χ4v) is 4.85. The van der Waals surface area contributed by atoms with E-state index in [4.69, 9.17) is 10.5 Å². The lowest BCUT2D eigenvalue weighted by molar-refractivity contribution is 0.0274. The molecule has 1 spiro atoms. The number of amides is 2. The van der Waals surface area contributed by atoms with Gasteiger partial charge in [-0.15, -0.1) is 0 Å². The third-order valence-electron chi connectivity index (χ3n) is 6.44. The first-order chi connectivity index (χ1) is 15.6. The van der Waals surface area contributed by atoms with Crippen LogP contribution in [-0.2, 0) is 4.74 Å². The zero-order valence-corrected chi connectivity index (χ0v) is 19.0. The van der Waals surface area contributed by atoms with Crippen LogP contribution >= 0.6 is 0 Å². The number of benzene rings is 1. The first-order valence-electron chi connectivity index (χ1n) is 11.1. The smallest absolute Gasteiger partial charge is 0.410 e. The van der Waals surface area contributed by atoms with Gasteiger partial charge in [0.15, 0.2) is 0 Å². The maximum Gasteiger partial charge on any atom is 0.410 e. The number of likely N-dealkylation sites (tertiary alicyclic amines) is 2. The molecule has 9 nitrogen and oxygen atoms in total. The number of halogens is 1. The number of hydrogen-bond donors (Lipinski definition) is 1. The lowest BCUT2D eigenvalue weighted by atomic mass is 9.86. The molecule has 2 amide bonds. The summed E-state index contributed by atoms with van der Waals surface area (Å²) in [6, 6.07) is 4.59. The SMILES string of the molecule is CC(C)(C)OC(=O)N1CCC2(CCN(C(=O)c3cn4c(N)nc5c(F)cccc5c4n3)C2)C1. The van der Waals surface area contributed by atoms with Gasteiger partial charge < -0.3 is 20.3 Å². The van der Waals surface area contributed by atoms with E-state index in [0.717, 1.165) is 12.8 Å². The summed E-state index contributed by atoms with van der Waals surface area (Å²) in [6.07, 6.45) is 2.87. The molecule has 33 heavy (non-hydrogen) atoms. The molecule has 1 unspecified atom stereocenters. The van der Waals surface area contributed by atoms with Gasteiger partial charge in [-0.25, -0.2) is 19.2 Å². The maximum atomic E-state index is 14.2. The van der Waals surface area contributed by atoms with Crippen LogP contribution in [-0.4, -0.2) is 67.9 Å². The van der Waals surface area contributed by atoms with Gasteiger partial charge in [0.05, 0.1) is 0 Å². The second kappa shape index (κ2) is 7.29. The van der Waals surface area contributed by atoms with Crippen molar-refractivity contribution in [1.82, 2.24) is 24.2 Å². The Hall–Kier alpha value is -3.43. The molecule has 2 aromatic heterocycles. The maximum absolute atomic E-state index is 14.2. The molecule has 174 valence electrons. The number of imidazole rings is 1. The highest BCUT2D eigenvalue weighted by atomic mass is 19.1. The Morgan fingerprint density at radius 1 is 1.12 bits per heavy atom. The molecule has 5 rings (SSSR count). The lowest BCUT2D eigenvalue weighted by Gasteiger charge is -2.27. The summed E-state index contributed by atoms with van der Waals surface area (Å²) in [6.45, 7) is 7.85. The summed E-state index contributed by atoms with van der Waals surface area (Å²) in [7, 11) is 0. The predicted octanol–water partition coefficient (Wildman–Crippen LogP) is 3.08. The second-order valence-corrected chi connectivity index (χ2v) is 10.1. The Morgan fingerprint density at radius 2 is 1.82 bits per heavy atom. The Bertz CT molecular complexity index is 1280. The number of rotatable bonds is 1. The van der Waals surface area contributed by atoms with Gasteiger partial charge in [-0.3, -0.25) is 9.20 Å². The number of para-hydroxylation sites is 1. The van der Waals surface area contributed by atoms with Crippen molar-refractivity contribution in [1.29, 1.82) is 0 Å². The Balaban J connectivity index is 1.36. The van der Waals surface area contributed by atoms with E-state index in [0.29, 0.717) is 37.2 Å². The van der Waals surface area contributed by atoms with Crippen molar-refractivity contribution in [3.05, 3.63) is 35.9 Å². The summed E-state index contributed by atoms with van der Waals surface area (Å²) in [4.78, 5) is 37.9. The molecule has 3 aromatic rings. The topological polar surface area (TPSA) is 106 Å². The molecule has 2 fully saturated rings. The molecule has 0 bridgehead atoms. The molecular weight excluding hydrogens is 427 g/mol. The van der Waals surface area contributed by atoms with Crippen LogP contribution < -0.4 is 5.73 Å². The number of carbonyl (C=O) groups excluding carboxylic acids is 2. The van der Waals surface area contributed by atoms with Gasteiger partial charge in [-0.1, -0.05) is 6.07 Å². The minimum Gasteiger partial charge on any atom is -0.444 e. The van der Waals surface area contributed by atoms with Crippen LogP contribution in [0.25, 0.3) is 16.6 Å². The third-order valence-corrected chi connectivity index (χ3v) is 6.44. The van der Waals surface area contributed by atoms with E-state index in [1.807, 2.05) is 20.8 Å². The van der Waals surface area contributed by atoms with E-state index in [2.05, 4.69) is 9.97 Å². The summed E-state index contributed by atoms with van der Waals surface area (Å²) >= 11 is 0. The highest BCUT2D eigenvalue weighted by Crippen LogP contribution is 2.40. The number of nitrogens with two attached hydrogens (primary N) is 1. The molecule has 10 heteroatoms. The van der Waals surface area contributed by atoms with Crippen LogP contribution in [0.2, 0.25) is 0 Å². The highest BCUT2D eigenvalue weighted by molar-refractivity contribution is 5.97. The molecule has 2 aliphatic heterocycles. The van der Waals surface area contributed by atoms with E-state index in [-0.39, 0.29) is 34.6 Å². The van der Waals surface area contributed by atoms with Gasteiger partial charge in [0.1, 0.15) is 28.3 Å². The number of ether oxygens (including phenoxy) is 1. The molecule has 2 aliphatic rings. The zero-order valence-electron chi connectivity index (χ0n) is 19.0. The van der Waals surface area contributed by atoms with Crippen molar-refractivity contribution in [3.63, 3.8) is 0 Å². The van der Waals surface area contributed by atoms with Gasteiger partial charge in [0.2, 0.25) is 5.95 Å². The number of fused-ring (bicyclic) bond motifs is 3. The number of nitrogens with zero attached hydrogens (tertiary/aromatic N) is 5. The quantitative estimate of drug-likeness (QED) is 0.606. The monoisotopic (exact) mass is 454 g/mol. The second-order valence-electron chi connectivity index (χ2n) is 10.1. The number of anilines is 1. The standard InChI is InChI=1S/C23H27FN6O3/c1-22(2,3)33-21(32)29-10-8-23(13-29)7-9-28(12-23)19(31)16-11-30-18(26-16)14-5-4-6-15(24)17(14)27-20(30)25/h4-6,11H,7-10,12-13H2,1-3H3,(H2,25,27). The molecule has 1 aromatic carbocycles. The number of hydrogen-bond acceptors (Lipinski definition) is 6. The molecule has 2 saturated heterocycles. The number of carbonyl (C=O) groups is 2. The summed E-state index contributed by atoms with van der Waals surface area (Å²) in [5, 5.41) is 0.491. The van der Waals surface area contributed by atoms with Crippen LogP contribution in [0.15, 0.2) is 24.4 Å². The average Bonchev–Trinajstić information content (AvgIpc) is 3.47. The van der Waals surface area contributed by atoms with E-state index >= 15 is 0 Å². The molecule has 4 heterocycles. The van der Waals surface area contributed by atoms with Gasteiger partial charge >= 0.3 is 6.09 Å². The first kappa shape index (κ1) is 21.4. The largest absolute Gasteiger partial charge is 0.444 e. The third kappa shape index (κ3) is 3.73. The Labute approximate surface area is 190 Å². The van der Waals surface area contributed by atoms with Gasteiger partial charge in [-0.05, 0) is 45.7 Å². The highest BCUT2D eigenvalue weighted by Gasteiger charge is 2.47. The molecule has 0 radical (unpaired) electrons. The normalized spacial score (nSPS) is 21.0. The van der Waals surface area contributed by atoms with Crippen LogP contribution in [0.1, 0.15) is 44.1 Å². The van der Waals surface area contributed by atoms with E-state index in [9.17, 15) is 14.0 Å². The minimum atomic E-state index is -0.544. The number of aromatic nitrogens is 3. The van der Waals surface area contributed by atoms with E-state index in [1.54, 1.807) is 28.1 Å². The molecule has 0 saturated carbocycles. The van der Waals surface area contributed by atoms with Gasteiger partial charge in [0, 0.05) is 43.2 Å². The van der Waals surface area contributed by atoms with Crippen LogP contribution in [0.5, 0.6) is 0 Å². The Morgan fingerprint density at radius 3 is 2.55 bits per heavy atom. The fraction of sp³-hybridized carbons (Fsp3) is 0.478. The molecule has 2 N–H and O–H groups in total. The Kier molecular flexibility index (Phi) is 4.73. The summed E-state index contributed by atoms with van der Waals surface area (Å²) < 4.78 is 21.2. The average molecular weight is 455 g/mol. The van der Waals surface area contributed by atoms with Crippen molar-refractivity contribution >= 4 is 34.5 Å². The van der Waals surface area contributed by atoms with Crippen LogP contribution in [0.4, 0.5) is 15.1 Å². The summed E-state index contributed by atoms with van der Waals surface area (Å²) in [5.41, 5.74) is 6.09. The van der Waals surface area contributed by atoms with Crippen LogP contribution in [0, 0.1) is 11.2 Å². The molecular formula is C23H27FN6O3. The van der Waals surface area contributed by atoms with Crippen molar-refractivity contribution in [2.75, 3.05) is 31.9 Å². The van der Waals surface area contributed by atoms with Crippen molar-refractivity contribution < 1.29 is 18.7 Å². The molecule has 0 aliphatic carbocycles. The lowest BCUT2D eigenvalue weighted by Crippen LogP contribution is -2.38. The number of nitrogen functional groups attached to an aromatic ring is 1. The van der Waals surface area contributed by atoms with E-state index in [1.165, 1.54) is 10.5 Å². The summed E-state index contributed by atoms with van der Waals surface area (Å²) in [5.74, 6) is -0.638. The fourth-order valence-electron chi connectivity index (χ4n) is 4.85. The zero-order chi connectivity index (χ0) is 23.5. The van der Waals surface area contributed by atoms with Crippen LogP contribution in [0.3, 0.4) is 0 Å². The van der Waals surface area contributed by atoms with Crippen molar-refractivity contribution in [2.45, 2.75) is 39.2 Å². The first-order valence-corrected chi connectivity index (χ1v) is 11.1.